The van der Waals surface area contributed by atoms with Crippen LogP contribution in [0.3, 0.4) is 0 Å². The molecule has 1 N–H and O–H groups in total. The zero-order valence-corrected chi connectivity index (χ0v) is 25.9. The Morgan fingerprint density at radius 2 is 1.66 bits per heavy atom. The maximum Gasteiger partial charge on any atom is 0.407 e. The fourth-order valence-corrected chi connectivity index (χ4v) is 10.2. The fourth-order valence-electron chi connectivity index (χ4n) is 10.2. The Labute approximate surface area is 235 Å². The van der Waals surface area contributed by atoms with E-state index in [0.717, 1.165) is 54.3 Å². The van der Waals surface area contributed by atoms with Crippen molar-refractivity contribution < 1.29 is 14.3 Å². The molecule has 0 heterocycles. The van der Waals surface area contributed by atoms with Gasteiger partial charge in [0, 0.05) is 6.54 Å². The van der Waals surface area contributed by atoms with Crippen LogP contribution in [-0.4, -0.2) is 32.0 Å². The van der Waals surface area contributed by atoms with Gasteiger partial charge in [-0.15, -0.1) is 0 Å². The first-order chi connectivity index (χ1) is 18.2. The topological polar surface area (TPSA) is 47.6 Å². The van der Waals surface area contributed by atoms with Gasteiger partial charge in [-0.3, -0.25) is 0 Å². The molecule has 0 aromatic heterocycles. The van der Waals surface area contributed by atoms with Gasteiger partial charge in [-0.05, 0) is 116 Å². The van der Waals surface area contributed by atoms with Crippen LogP contribution in [0.4, 0.5) is 4.79 Å². The zero-order valence-electron chi connectivity index (χ0n) is 25.9. The lowest BCUT2D eigenvalue weighted by Gasteiger charge is -2.61. The van der Waals surface area contributed by atoms with E-state index < -0.39 is 0 Å². The molecule has 0 saturated heterocycles. The van der Waals surface area contributed by atoms with Crippen molar-refractivity contribution >= 4 is 6.09 Å². The predicted molar refractivity (Wildman–Crippen MR) is 157 cm³/mol. The number of amides is 1. The van der Waals surface area contributed by atoms with Crippen LogP contribution >= 0.6 is 0 Å². The largest absolute Gasteiger partial charge is 0.447 e. The first-order valence-corrected chi connectivity index (χ1v) is 16.7. The molecule has 4 fully saturated rings. The van der Waals surface area contributed by atoms with Crippen molar-refractivity contribution in [3.05, 3.63) is 0 Å². The van der Waals surface area contributed by atoms with Crippen LogP contribution in [0, 0.1) is 52.3 Å². The average molecular weight is 532 g/mol. The summed E-state index contributed by atoms with van der Waals surface area (Å²) >= 11 is 0. The maximum atomic E-state index is 11.8. The Hall–Kier alpha value is -0.770. The molecule has 4 heteroatoms. The lowest BCUT2D eigenvalue weighted by Crippen LogP contribution is -2.54. The lowest BCUT2D eigenvalue weighted by atomic mass is 9.44. The summed E-state index contributed by atoms with van der Waals surface area (Å²) in [5.74, 6) is 6.34. The quantitative estimate of drug-likeness (QED) is 0.256. The second-order valence-electron chi connectivity index (χ2n) is 14.9. The number of hydrogen-bond acceptors (Lipinski definition) is 3. The third kappa shape index (κ3) is 6.58. The Morgan fingerprint density at radius 1 is 0.895 bits per heavy atom. The van der Waals surface area contributed by atoms with Gasteiger partial charge >= 0.3 is 6.09 Å². The second-order valence-corrected chi connectivity index (χ2v) is 14.9. The monoisotopic (exact) mass is 531 g/mol. The van der Waals surface area contributed by atoms with Crippen molar-refractivity contribution in [2.24, 2.45) is 52.3 Å². The minimum Gasteiger partial charge on any atom is -0.447 e. The van der Waals surface area contributed by atoms with E-state index in [1.54, 1.807) is 0 Å². The number of nitrogens with one attached hydrogen (secondary N) is 1. The Kier molecular flexibility index (Phi) is 10.5. The highest BCUT2D eigenvalue weighted by atomic mass is 16.6. The van der Waals surface area contributed by atoms with Crippen LogP contribution < -0.4 is 5.32 Å². The summed E-state index contributed by atoms with van der Waals surface area (Å²) in [5, 5.41) is 2.81. The Bertz CT molecular complexity index is 754. The summed E-state index contributed by atoms with van der Waals surface area (Å²) in [6.45, 7) is 16.4. The number of alkyl carbamates (subject to hydrolysis) is 1. The van der Waals surface area contributed by atoms with Gasteiger partial charge in [-0.25, -0.2) is 4.79 Å². The molecule has 1 amide bonds. The summed E-state index contributed by atoms with van der Waals surface area (Å²) in [5.41, 5.74) is 1.09. The van der Waals surface area contributed by atoms with Crippen LogP contribution in [0.2, 0.25) is 0 Å². The van der Waals surface area contributed by atoms with Gasteiger partial charge in [0.05, 0.1) is 12.7 Å². The van der Waals surface area contributed by atoms with Crippen molar-refractivity contribution in [3.8, 4) is 0 Å². The fraction of sp³-hybridized carbons (Fsp3) is 0.971. The van der Waals surface area contributed by atoms with E-state index in [2.05, 4.69) is 46.9 Å². The van der Waals surface area contributed by atoms with Crippen molar-refractivity contribution in [2.45, 2.75) is 138 Å². The molecule has 0 radical (unpaired) electrons. The average Bonchev–Trinajstić information content (AvgIpc) is 3.24. The number of ether oxygens (including phenoxy) is 2. The van der Waals surface area contributed by atoms with Gasteiger partial charge in [0.1, 0.15) is 6.61 Å². The van der Waals surface area contributed by atoms with E-state index in [-0.39, 0.29) is 6.09 Å². The highest BCUT2D eigenvalue weighted by molar-refractivity contribution is 5.66. The molecule has 0 spiro atoms. The molecule has 4 aliphatic carbocycles. The standard InChI is InChI=1S/C34H61NO3/c1-7-8-20-35-32(36)38-22-21-37-27-16-18-33(5)26(23-27)12-13-28-30-15-14-29(25(4)11-9-10-24(2)3)34(30,6)19-17-31(28)33/h24-31H,7-23H2,1-6H3,(H,35,36). The van der Waals surface area contributed by atoms with Crippen LogP contribution in [-0.2, 0) is 9.47 Å². The Morgan fingerprint density at radius 3 is 2.42 bits per heavy atom. The molecular formula is C34H61NO3. The summed E-state index contributed by atoms with van der Waals surface area (Å²) < 4.78 is 11.6. The van der Waals surface area contributed by atoms with Crippen LogP contribution in [0.1, 0.15) is 131 Å². The first-order valence-electron chi connectivity index (χ1n) is 16.7. The molecule has 220 valence electrons. The van der Waals surface area contributed by atoms with Gasteiger partial charge in [-0.2, -0.15) is 0 Å². The van der Waals surface area contributed by atoms with E-state index >= 15 is 0 Å². The molecule has 9 atom stereocenters. The third-order valence-corrected chi connectivity index (χ3v) is 12.3. The van der Waals surface area contributed by atoms with E-state index in [1.165, 1.54) is 77.0 Å². The third-order valence-electron chi connectivity index (χ3n) is 12.3. The summed E-state index contributed by atoms with van der Waals surface area (Å²) in [4.78, 5) is 11.8. The molecule has 38 heavy (non-hydrogen) atoms. The lowest BCUT2D eigenvalue weighted by molar-refractivity contribution is -0.138. The van der Waals surface area contributed by atoms with E-state index in [4.69, 9.17) is 9.47 Å². The van der Waals surface area contributed by atoms with E-state index in [9.17, 15) is 4.79 Å². The Balaban J connectivity index is 1.26. The zero-order chi connectivity index (χ0) is 27.3. The molecule has 4 rings (SSSR count). The van der Waals surface area contributed by atoms with Crippen molar-refractivity contribution in [2.75, 3.05) is 19.8 Å². The molecule has 4 saturated carbocycles. The number of unbranched alkanes of at least 4 members (excludes halogenated alkanes) is 1. The summed E-state index contributed by atoms with van der Waals surface area (Å²) in [6.07, 6.45) is 18.8. The van der Waals surface area contributed by atoms with E-state index in [0.29, 0.717) is 36.7 Å². The molecule has 0 aromatic rings. The highest BCUT2D eigenvalue weighted by Gasteiger charge is 2.60. The number of carbonyl (C=O) groups excluding carboxylic acids is 1. The first kappa shape index (κ1) is 30.2. The molecule has 4 aliphatic rings. The van der Waals surface area contributed by atoms with E-state index in [1.807, 2.05) is 0 Å². The van der Waals surface area contributed by atoms with Crippen LogP contribution in [0.25, 0.3) is 0 Å². The van der Waals surface area contributed by atoms with Crippen LogP contribution in [0.5, 0.6) is 0 Å². The molecule has 0 bridgehead atoms. The highest BCUT2D eigenvalue weighted by Crippen LogP contribution is 2.68. The van der Waals surface area contributed by atoms with Crippen molar-refractivity contribution in [3.63, 3.8) is 0 Å². The van der Waals surface area contributed by atoms with Crippen LogP contribution in [0.15, 0.2) is 0 Å². The van der Waals surface area contributed by atoms with Gasteiger partial charge in [0.15, 0.2) is 0 Å². The summed E-state index contributed by atoms with van der Waals surface area (Å²) in [6, 6.07) is 0. The van der Waals surface area contributed by atoms with Gasteiger partial charge in [0.25, 0.3) is 0 Å². The maximum absolute atomic E-state index is 11.8. The minimum atomic E-state index is -0.306. The second kappa shape index (κ2) is 13.3. The summed E-state index contributed by atoms with van der Waals surface area (Å²) in [7, 11) is 0. The molecule has 0 aromatic carbocycles. The minimum absolute atomic E-state index is 0.306. The van der Waals surface area contributed by atoms with Gasteiger partial charge in [-0.1, -0.05) is 67.2 Å². The number of rotatable bonds is 12. The number of carbonyl (C=O) groups is 1. The van der Waals surface area contributed by atoms with Crippen molar-refractivity contribution in [1.29, 1.82) is 0 Å². The normalized spacial score (nSPS) is 39.2. The van der Waals surface area contributed by atoms with Gasteiger partial charge < -0.3 is 14.8 Å². The van der Waals surface area contributed by atoms with Gasteiger partial charge in [0.2, 0.25) is 0 Å². The van der Waals surface area contributed by atoms with Crippen molar-refractivity contribution in [1.82, 2.24) is 5.32 Å². The molecular weight excluding hydrogens is 470 g/mol. The number of hydrogen-bond donors (Lipinski definition) is 1. The molecule has 4 nitrogen and oxygen atoms in total. The molecule has 0 aliphatic heterocycles. The SMILES string of the molecule is CCCCNC(=O)OCCOC1CCC2(C)C(CCC3C2CCC2(C)C(C(C)CCCC(C)C)CCC32)C1. The smallest absolute Gasteiger partial charge is 0.407 e. The number of fused-ring (bicyclic) bond motifs is 5. The predicted octanol–water partition coefficient (Wildman–Crippen LogP) is 9.02. The molecule has 9 unspecified atom stereocenters.